The minimum Gasteiger partial charge on any atom is -0.295 e. The summed E-state index contributed by atoms with van der Waals surface area (Å²) in [5, 5.41) is 0. The maximum absolute atomic E-state index is 12.1. The molecule has 4 aliphatic rings. The fraction of sp³-hybridized carbons (Fsp3) is 0.857. The molecule has 0 radical (unpaired) electrons. The Morgan fingerprint density at radius 3 is 2.59 bits per heavy atom. The van der Waals surface area contributed by atoms with Crippen molar-refractivity contribution in [3.63, 3.8) is 0 Å². The molecule has 122 valence electrons. The number of rotatable bonds is 0. The van der Waals surface area contributed by atoms with Gasteiger partial charge in [0.15, 0.2) is 5.78 Å². The van der Waals surface area contributed by atoms with Gasteiger partial charge in [0.25, 0.3) is 0 Å². The summed E-state index contributed by atoms with van der Waals surface area (Å²) in [6.45, 7) is 9.94. The standard InChI is InChI=1S/C21H32O/c1-19(2)13-15-16-6-5-9-20(16,3)10-8-17(15)21(4)11-7-14(22)12-18(19)21/h7,11,15-18H,5-6,8-10,12-13H2,1-4H3/t15-,16-,17+,18?,20-,21+/m0/s1. The van der Waals surface area contributed by atoms with Crippen LogP contribution in [0, 0.1) is 39.9 Å². The lowest BCUT2D eigenvalue weighted by Crippen LogP contribution is -2.57. The van der Waals surface area contributed by atoms with E-state index in [0.717, 1.165) is 24.2 Å². The molecule has 0 aliphatic heterocycles. The van der Waals surface area contributed by atoms with Crippen molar-refractivity contribution in [3.8, 4) is 0 Å². The first kappa shape index (κ1) is 15.0. The summed E-state index contributed by atoms with van der Waals surface area (Å²) in [4.78, 5) is 12.1. The highest BCUT2D eigenvalue weighted by atomic mass is 16.1. The Hall–Kier alpha value is -0.590. The van der Waals surface area contributed by atoms with Crippen LogP contribution < -0.4 is 0 Å². The van der Waals surface area contributed by atoms with Gasteiger partial charge in [-0.05, 0) is 78.1 Å². The largest absolute Gasteiger partial charge is 0.295 e. The normalized spacial score (nSPS) is 52.8. The van der Waals surface area contributed by atoms with E-state index in [-0.39, 0.29) is 5.41 Å². The van der Waals surface area contributed by atoms with Gasteiger partial charge in [-0.2, -0.15) is 0 Å². The smallest absolute Gasteiger partial charge is 0.155 e. The molecule has 0 saturated heterocycles. The predicted molar refractivity (Wildman–Crippen MR) is 90.4 cm³/mol. The van der Waals surface area contributed by atoms with Crippen LogP contribution in [-0.4, -0.2) is 5.78 Å². The Kier molecular flexibility index (Phi) is 3.05. The summed E-state index contributed by atoms with van der Waals surface area (Å²) in [6, 6.07) is 0. The highest BCUT2D eigenvalue weighted by molar-refractivity contribution is 5.91. The second-order valence-electron chi connectivity index (χ2n) is 10.1. The minimum absolute atomic E-state index is 0.254. The second kappa shape index (κ2) is 4.48. The number of carbonyl (C=O) groups excluding carboxylic acids is 1. The van der Waals surface area contributed by atoms with Crippen LogP contribution in [-0.2, 0) is 4.79 Å². The molecular weight excluding hydrogens is 268 g/mol. The third kappa shape index (κ3) is 1.86. The molecule has 0 bridgehead atoms. The van der Waals surface area contributed by atoms with Gasteiger partial charge in [-0.3, -0.25) is 4.79 Å². The molecule has 22 heavy (non-hydrogen) atoms. The van der Waals surface area contributed by atoms with Crippen molar-refractivity contribution >= 4 is 5.78 Å². The Morgan fingerprint density at radius 2 is 1.82 bits per heavy atom. The second-order valence-corrected chi connectivity index (χ2v) is 10.1. The van der Waals surface area contributed by atoms with Crippen molar-refractivity contribution in [2.75, 3.05) is 0 Å². The average Bonchev–Trinajstić information content (AvgIpc) is 2.83. The SMILES string of the molecule is CC1(C)C[C@@H]2[C@@H](CC[C@]3(C)CCC[C@@H]23)[C@@]2(C)C=CC(=O)CC12. The fourth-order valence-corrected chi connectivity index (χ4v) is 7.47. The van der Waals surface area contributed by atoms with Gasteiger partial charge in [0.1, 0.15) is 0 Å². The molecule has 0 heterocycles. The molecule has 1 heteroatoms. The third-order valence-corrected chi connectivity index (χ3v) is 8.51. The molecule has 0 N–H and O–H groups in total. The average molecular weight is 300 g/mol. The van der Waals surface area contributed by atoms with E-state index in [0.29, 0.717) is 22.5 Å². The van der Waals surface area contributed by atoms with Crippen LogP contribution >= 0.6 is 0 Å². The number of fused-ring (bicyclic) bond motifs is 5. The van der Waals surface area contributed by atoms with Crippen molar-refractivity contribution in [1.82, 2.24) is 0 Å². The molecule has 3 fully saturated rings. The maximum Gasteiger partial charge on any atom is 0.155 e. The monoisotopic (exact) mass is 300 g/mol. The maximum atomic E-state index is 12.1. The lowest BCUT2D eigenvalue weighted by atomic mass is 9.41. The van der Waals surface area contributed by atoms with Gasteiger partial charge in [0.2, 0.25) is 0 Å². The highest BCUT2D eigenvalue weighted by Crippen LogP contribution is 2.68. The van der Waals surface area contributed by atoms with Crippen molar-refractivity contribution < 1.29 is 4.79 Å². The summed E-state index contributed by atoms with van der Waals surface area (Å²) in [7, 11) is 0. The molecule has 0 spiro atoms. The lowest BCUT2D eigenvalue weighted by molar-refractivity contribution is -0.138. The van der Waals surface area contributed by atoms with E-state index in [1.165, 1.54) is 38.5 Å². The van der Waals surface area contributed by atoms with Gasteiger partial charge < -0.3 is 0 Å². The zero-order valence-electron chi connectivity index (χ0n) is 14.8. The van der Waals surface area contributed by atoms with E-state index in [1.807, 2.05) is 6.08 Å². The van der Waals surface area contributed by atoms with Crippen LogP contribution in [0.5, 0.6) is 0 Å². The molecule has 0 aromatic heterocycles. The first-order valence-corrected chi connectivity index (χ1v) is 9.48. The summed E-state index contributed by atoms with van der Waals surface area (Å²) in [5.74, 6) is 3.54. The molecular formula is C21H32O. The van der Waals surface area contributed by atoms with E-state index in [1.54, 1.807) is 0 Å². The van der Waals surface area contributed by atoms with E-state index < -0.39 is 0 Å². The predicted octanol–water partition coefficient (Wildman–Crippen LogP) is 5.40. The topological polar surface area (TPSA) is 17.1 Å². The van der Waals surface area contributed by atoms with Crippen LogP contribution in [0.15, 0.2) is 12.2 Å². The zero-order valence-corrected chi connectivity index (χ0v) is 14.8. The quantitative estimate of drug-likeness (QED) is 0.585. The van der Waals surface area contributed by atoms with Crippen LogP contribution in [0.4, 0.5) is 0 Å². The van der Waals surface area contributed by atoms with Crippen molar-refractivity contribution in [2.24, 2.45) is 39.9 Å². The van der Waals surface area contributed by atoms with Gasteiger partial charge in [0, 0.05) is 6.42 Å². The van der Waals surface area contributed by atoms with Crippen LogP contribution in [0.25, 0.3) is 0 Å². The molecule has 0 aromatic rings. The Morgan fingerprint density at radius 1 is 1.05 bits per heavy atom. The molecule has 0 aromatic carbocycles. The first-order valence-electron chi connectivity index (χ1n) is 9.48. The third-order valence-electron chi connectivity index (χ3n) is 8.51. The molecule has 0 amide bonds. The summed E-state index contributed by atoms with van der Waals surface area (Å²) in [6.07, 6.45) is 13.5. The van der Waals surface area contributed by atoms with E-state index in [4.69, 9.17) is 0 Å². The summed E-state index contributed by atoms with van der Waals surface area (Å²) >= 11 is 0. The Labute approximate surface area is 135 Å². The number of carbonyl (C=O) groups is 1. The fourth-order valence-electron chi connectivity index (χ4n) is 7.47. The van der Waals surface area contributed by atoms with Crippen LogP contribution in [0.1, 0.15) is 72.6 Å². The minimum atomic E-state index is 0.254. The van der Waals surface area contributed by atoms with Gasteiger partial charge in [-0.25, -0.2) is 0 Å². The lowest BCUT2D eigenvalue weighted by Gasteiger charge is -2.63. The summed E-state index contributed by atoms with van der Waals surface area (Å²) in [5.41, 5.74) is 1.18. The molecule has 6 atom stereocenters. The van der Waals surface area contributed by atoms with Gasteiger partial charge in [-0.15, -0.1) is 0 Å². The van der Waals surface area contributed by atoms with Crippen molar-refractivity contribution in [1.29, 1.82) is 0 Å². The summed E-state index contributed by atoms with van der Waals surface area (Å²) < 4.78 is 0. The number of hydrogen-bond acceptors (Lipinski definition) is 1. The molecule has 1 nitrogen and oxygen atoms in total. The Bertz CT molecular complexity index is 530. The van der Waals surface area contributed by atoms with Gasteiger partial charge in [0.05, 0.1) is 0 Å². The molecule has 4 aliphatic carbocycles. The van der Waals surface area contributed by atoms with E-state index in [9.17, 15) is 4.79 Å². The van der Waals surface area contributed by atoms with Crippen molar-refractivity contribution in [2.45, 2.75) is 72.6 Å². The molecule has 4 rings (SSSR count). The van der Waals surface area contributed by atoms with Gasteiger partial charge in [-0.1, -0.05) is 40.2 Å². The van der Waals surface area contributed by atoms with Crippen molar-refractivity contribution in [3.05, 3.63) is 12.2 Å². The zero-order chi connectivity index (χ0) is 15.8. The highest BCUT2D eigenvalue weighted by Gasteiger charge is 2.61. The van der Waals surface area contributed by atoms with E-state index in [2.05, 4.69) is 33.8 Å². The number of ketones is 1. The van der Waals surface area contributed by atoms with Crippen LogP contribution in [0.3, 0.4) is 0 Å². The number of allylic oxidation sites excluding steroid dienone is 2. The molecule has 3 saturated carbocycles. The first-order chi connectivity index (χ1) is 10.3. The van der Waals surface area contributed by atoms with Gasteiger partial charge >= 0.3 is 0 Å². The Balaban J connectivity index is 1.77. The van der Waals surface area contributed by atoms with E-state index >= 15 is 0 Å². The van der Waals surface area contributed by atoms with Crippen LogP contribution in [0.2, 0.25) is 0 Å². The molecule has 1 unspecified atom stereocenters. The number of hydrogen-bond donors (Lipinski definition) is 0.